The molecule has 2 amide bonds. The van der Waals surface area contributed by atoms with Crippen LogP contribution in [0.3, 0.4) is 0 Å². The maximum Gasteiger partial charge on any atom is 0.264 e. The molecule has 0 aromatic heterocycles. The van der Waals surface area contributed by atoms with Crippen LogP contribution in [0.5, 0.6) is 11.5 Å². The lowest BCUT2D eigenvalue weighted by molar-refractivity contribution is -0.140. The number of anilines is 1. The predicted molar refractivity (Wildman–Crippen MR) is 164 cm³/mol. The van der Waals surface area contributed by atoms with E-state index >= 15 is 0 Å². The fourth-order valence-electron chi connectivity index (χ4n) is 4.59. The number of benzene rings is 3. The largest absolute Gasteiger partial charge is 0.497 e. The number of nitrogens with zero attached hydrogens (tertiary/aromatic N) is 2. The number of hydrogen-bond acceptors (Lipinski definition) is 6. The molecule has 0 aliphatic rings. The molecule has 226 valence electrons. The molecule has 3 aromatic rings. The third-order valence-electron chi connectivity index (χ3n) is 7.10. The Morgan fingerprint density at radius 3 is 2.19 bits per heavy atom. The van der Waals surface area contributed by atoms with Crippen molar-refractivity contribution in [3.8, 4) is 11.5 Å². The highest BCUT2D eigenvalue weighted by Gasteiger charge is 2.35. The molecule has 0 heterocycles. The Hall–Kier alpha value is -4.05. The average Bonchev–Trinajstić information content (AvgIpc) is 2.99. The van der Waals surface area contributed by atoms with Crippen LogP contribution < -0.4 is 19.1 Å². The summed E-state index contributed by atoms with van der Waals surface area (Å²) < 4.78 is 39.9. The third kappa shape index (κ3) is 7.82. The number of aryl methyl sites for hydroxylation is 1. The molecule has 0 aliphatic carbocycles. The first-order valence-corrected chi connectivity index (χ1v) is 15.4. The van der Waals surface area contributed by atoms with E-state index in [0.29, 0.717) is 12.2 Å². The summed E-state index contributed by atoms with van der Waals surface area (Å²) >= 11 is 0. The number of carbonyl (C=O) groups excluding carboxylic acids is 2. The van der Waals surface area contributed by atoms with Crippen molar-refractivity contribution in [2.24, 2.45) is 0 Å². The van der Waals surface area contributed by atoms with Crippen LogP contribution in [0.2, 0.25) is 0 Å². The third-order valence-corrected chi connectivity index (χ3v) is 8.88. The molecule has 0 radical (unpaired) electrons. The van der Waals surface area contributed by atoms with Gasteiger partial charge in [0.25, 0.3) is 10.0 Å². The summed E-state index contributed by atoms with van der Waals surface area (Å²) in [6.45, 7) is 7.25. The summed E-state index contributed by atoms with van der Waals surface area (Å²) in [7, 11) is -1.31. The Morgan fingerprint density at radius 1 is 0.905 bits per heavy atom. The quantitative estimate of drug-likeness (QED) is 0.283. The normalized spacial score (nSPS) is 12.6. The Kier molecular flexibility index (Phi) is 11.4. The van der Waals surface area contributed by atoms with Crippen molar-refractivity contribution in [2.75, 3.05) is 25.1 Å². The van der Waals surface area contributed by atoms with E-state index in [4.69, 9.17) is 9.47 Å². The van der Waals surface area contributed by atoms with E-state index < -0.39 is 28.5 Å². The lowest BCUT2D eigenvalue weighted by Crippen LogP contribution is -2.53. The van der Waals surface area contributed by atoms with Crippen LogP contribution >= 0.6 is 0 Å². The number of para-hydroxylation sites is 2. The number of methoxy groups -OCH3 is 2. The van der Waals surface area contributed by atoms with Gasteiger partial charge in [0.2, 0.25) is 11.8 Å². The van der Waals surface area contributed by atoms with Gasteiger partial charge in [0.15, 0.2) is 0 Å². The van der Waals surface area contributed by atoms with Gasteiger partial charge in [0.05, 0.1) is 24.8 Å². The zero-order valence-electron chi connectivity index (χ0n) is 25.2. The Bertz CT molecular complexity index is 1460. The van der Waals surface area contributed by atoms with Crippen LogP contribution in [0, 0.1) is 6.92 Å². The maximum absolute atomic E-state index is 14.2. The van der Waals surface area contributed by atoms with E-state index in [9.17, 15) is 18.0 Å². The van der Waals surface area contributed by atoms with E-state index in [1.54, 1.807) is 36.4 Å². The van der Waals surface area contributed by atoms with Crippen molar-refractivity contribution in [3.63, 3.8) is 0 Å². The molecule has 42 heavy (non-hydrogen) atoms. The zero-order valence-corrected chi connectivity index (χ0v) is 26.0. The van der Waals surface area contributed by atoms with Crippen molar-refractivity contribution in [1.29, 1.82) is 0 Å². The lowest BCUT2D eigenvalue weighted by atomic mass is 10.1. The first-order valence-electron chi connectivity index (χ1n) is 14.0. The molecule has 0 saturated carbocycles. The number of hydrogen-bond donors (Lipinski definition) is 1. The summed E-state index contributed by atoms with van der Waals surface area (Å²) in [6, 6.07) is 19.4. The van der Waals surface area contributed by atoms with Crippen LogP contribution in [0.4, 0.5) is 5.69 Å². The van der Waals surface area contributed by atoms with Gasteiger partial charge in [-0.1, -0.05) is 55.8 Å². The van der Waals surface area contributed by atoms with Gasteiger partial charge in [-0.2, -0.15) is 0 Å². The minimum atomic E-state index is -4.25. The molecule has 0 bridgehead atoms. The van der Waals surface area contributed by atoms with Crippen LogP contribution in [0.15, 0.2) is 77.7 Å². The summed E-state index contributed by atoms with van der Waals surface area (Å²) in [5, 5.41) is 2.99. The molecule has 0 saturated heterocycles. The van der Waals surface area contributed by atoms with E-state index in [1.165, 1.54) is 31.3 Å². The first-order chi connectivity index (χ1) is 20.0. The molecule has 3 aromatic carbocycles. The van der Waals surface area contributed by atoms with E-state index in [1.807, 2.05) is 52.0 Å². The van der Waals surface area contributed by atoms with Crippen LogP contribution in [0.25, 0.3) is 0 Å². The molecule has 9 nitrogen and oxygen atoms in total. The van der Waals surface area contributed by atoms with Crippen molar-refractivity contribution < 1.29 is 27.5 Å². The molecular formula is C32H41N3O6S. The van der Waals surface area contributed by atoms with Crippen LogP contribution in [-0.2, 0) is 26.2 Å². The van der Waals surface area contributed by atoms with Gasteiger partial charge in [0.1, 0.15) is 24.1 Å². The number of carbonyl (C=O) groups is 2. The van der Waals surface area contributed by atoms with Gasteiger partial charge in [-0.25, -0.2) is 8.42 Å². The van der Waals surface area contributed by atoms with Crippen molar-refractivity contribution in [2.45, 2.75) is 64.1 Å². The molecule has 2 unspecified atom stereocenters. The van der Waals surface area contributed by atoms with Crippen LogP contribution in [-0.4, -0.2) is 58.0 Å². The SMILES string of the molecule is CCC(C)NC(=O)C(CC)N(Cc1cccc(C)c1)C(=O)CN(c1ccccc1OC)S(=O)(=O)c1ccc(OC)cc1. The number of rotatable bonds is 14. The Morgan fingerprint density at radius 2 is 1.60 bits per heavy atom. The zero-order chi connectivity index (χ0) is 30.9. The number of sulfonamides is 1. The van der Waals surface area contributed by atoms with Gasteiger partial charge >= 0.3 is 0 Å². The number of ether oxygens (including phenoxy) is 2. The fourth-order valence-corrected chi connectivity index (χ4v) is 6.02. The topological polar surface area (TPSA) is 105 Å². The highest BCUT2D eigenvalue weighted by molar-refractivity contribution is 7.92. The molecule has 0 fully saturated rings. The summed E-state index contributed by atoms with van der Waals surface area (Å²) in [5.74, 6) is -0.0224. The number of amides is 2. The Balaban J connectivity index is 2.10. The smallest absolute Gasteiger partial charge is 0.264 e. The molecule has 0 spiro atoms. The predicted octanol–water partition coefficient (Wildman–Crippen LogP) is 4.93. The van der Waals surface area contributed by atoms with Crippen LogP contribution in [0.1, 0.15) is 44.7 Å². The molecule has 0 aliphatic heterocycles. The van der Waals surface area contributed by atoms with E-state index in [-0.39, 0.29) is 34.8 Å². The highest BCUT2D eigenvalue weighted by Crippen LogP contribution is 2.33. The minimum Gasteiger partial charge on any atom is -0.497 e. The summed E-state index contributed by atoms with van der Waals surface area (Å²) in [6.07, 6.45) is 1.08. The van der Waals surface area contributed by atoms with Crippen molar-refractivity contribution >= 4 is 27.5 Å². The summed E-state index contributed by atoms with van der Waals surface area (Å²) in [5.41, 5.74) is 2.05. The Labute approximate surface area is 249 Å². The lowest BCUT2D eigenvalue weighted by Gasteiger charge is -2.34. The summed E-state index contributed by atoms with van der Waals surface area (Å²) in [4.78, 5) is 29.1. The van der Waals surface area contributed by atoms with Gasteiger partial charge in [-0.3, -0.25) is 13.9 Å². The molecule has 3 rings (SSSR count). The van der Waals surface area contributed by atoms with Crippen molar-refractivity contribution in [3.05, 3.63) is 83.9 Å². The minimum absolute atomic E-state index is 0.0196. The van der Waals surface area contributed by atoms with Gasteiger partial charge in [-0.15, -0.1) is 0 Å². The monoisotopic (exact) mass is 595 g/mol. The molecular weight excluding hydrogens is 554 g/mol. The van der Waals surface area contributed by atoms with Gasteiger partial charge in [0, 0.05) is 12.6 Å². The molecule has 1 N–H and O–H groups in total. The second-order valence-electron chi connectivity index (χ2n) is 10.1. The molecule has 2 atom stereocenters. The first kappa shape index (κ1) is 32.5. The van der Waals surface area contributed by atoms with Gasteiger partial charge < -0.3 is 19.7 Å². The van der Waals surface area contributed by atoms with E-state index in [2.05, 4.69) is 5.32 Å². The highest BCUT2D eigenvalue weighted by atomic mass is 32.2. The second-order valence-corrected chi connectivity index (χ2v) is 12.0. The number of nitrogens with one attached hydrogen (secondary N) is 1. The standard InChI is InChI=1S/C32H41N3O6S/c1-7-24(4)33-32(37)28(8-2)34(21-25-13-11-12-23(3)20-25)31(36)22-35(29-14-9-10-15-30(29)41-6)42(38,39)27-18-16-26(40-5)17-19-27/h9-20,24,28H,7-8,21-22H2,1-6H3,(H,33,37). The van der Waals surface area contributed by atoms with Crippen molar-refractivity contribution in [1.82, 2.24) is 10.2 Å². The average molecular weight is 596 g/mol. The van der Waals surface area contributed by atoms with Gasteiger partial charge in [-0.05, 0) is 68.7 Å². The van der Waals surface area contributed by atoms with E-state index in [0.717, 1.165) is 21.9 Å². The maximum atomic E-state index is 14.2. The second kappa shape index (κ2) is 14.7. The fraction of sp³-hybridized carbons (Fsp3) is 0.375. The molecule has 10 heteroatoms.